The maximum absolute atomic E-state index is 12.5. The quantitative estimate of drug-likeness (QED) is 0.784. The lowest BCUT2D eigenvalue weighted by Crippen LogP contribution is -2.17. The zero-order valence-corrected chi connectivity index (χ0v) is 14.5. The summed E-state index contributed by atoms with van der Waals surface area (Å²) in [5.74, 6) is 1.11. The Morgan fingerprint density at radius 3 is 2.62 bits per heavy atom. The van der Waals surface area contributed by atoms with Gasteiger partial charge in [-0.1, -0.05) is 44.2 Å². The van der Waals surface area contributed by atoms with E-state index in [4.69, 9.17) is 0 Å². The molecule has 1 amide bonds. The smallest absolute Gasteiger partial charge is 0.260 e. The van der Waals surface area contributed by atoms with E-state index in [9.17, 15) is 4.79 Å². The Morgan fingerprint density at radius 1 is 1.17 bits per heavy atom. The molecule has 0 atom stereocenters. The zero-order chi connectivity index (χ0) is 17.1. The Bertz CT molecular complexity index is 860. The molecular formula is C17H17N5OS. The van der Waals surface area contributed by atoms with Crippen LogP contribution in [0.3, 0.4) is 0 Å². The van der Waals surface area contributed by atoms with Crippen LogP contribution in [-0.2, 0) is 0 Å². The van der Waals surface area contributed by atoms with Gasteiger partial charge in [-0.2, -0.15) is 9.36 Å². The predicted octanol–water partition coefficient (Wildman–Crippen LogP) is 3.68. The Labute approximate surface area is 144 Å². The van der Waals surface area contributed by atoms with Gasteiger partial charge in [-0.15, -0.1) is 0 Å². The number of nitrogens with one attached hydrogen (secondary N) is 1. The molecule has 0 aliphatic rings. The molecule has 2 heterocycles. The first-order valence-corrected chi connectivity index (χ1v) is 8.36. The Balaban J connectivity index is 1.82. The van der Waals surface area contributed by atoms with Gasteiger partial charge in [0.05, 0.1) is 11.3 Å². The van der Waals surface area contributed by atoms with Gasteiger partial charge in [0.1, 0.15) is 5.82 Å². The molecule has 1 N–H and O–H groups in total. The predicted molar refractivity (Wildman–Crippen MR) is 94.2 cm³/mol. The van der Waals surface area contributed by atoms with Crippen molar-refractivity contribution < 1.29 is 4.79 Å². The van der Waals surface area contributed by atoms with Crippen molar-refractivity contribution in [2.75, 3.05) is 5.32 Å². The molecule has 0 unspecified atom stereocenters. The summed E-state index contributed by atoms with van der Waals surface area (Å²) in [6.45, 7) is 5.80. The van der Waals surface area contributed by atoms with Crippen LogP contribution in [0.2, 0.25) is 0 Å². The molecule has 6 nitrogen and oxygen atoms in total. The number of aryl methyl sites for hydroxylation is 1. The summed E-state index contributed by atoms with van der Waals surface area (Å²) >= 11 is 1.15. The Kier molecular flexibility index (Phi) is 4.61. The van der Waals surface area contributed by atoms with Gasteiger partial charge in [-0.3, -0.25) is 10.1 Å². The van der Waals surface area contributed by atoms with Crippen molar-refractivity contribution in [1.29, 1.82) is 0 Å². The first-order valence-electron chi connectivity index (χ1n) is 7.58. The normalized spacial score (nSPS) is 10.8. The molecule has 7 heteroatoms. The highest BCUT2D eigenvalue weighted by Crippen LogP contribution is 2.22. The average molecular weight is 339 g/mol. The van der Waals surface area contributed by atoms with E-state index in [-0.39, 0.29) is 11.8 Å². The topological polar surface area (TPSA) is 80.7 Å². The summed E-state index contributed by atoms with van der Waals surface area (Å²) in [6, 6.07) is 9.64. The van der Waals surface area contributed by atoms with Gasteiger partial charge in [0, 0.05) is 23.3 Å². The fourth-order valence-electron chi connectivity index (χ4n) is 2.25. The van der Waals surface area contributed by atoms with Gasteiger partial charge in [0.25, 0.3) is 5.91 Å². The zero-order valence-electron chi connectivity index (χ0n) is 13.6. The van der Waals surface area contributed by atoms with Gasteiger partial charge in [-0.05, 0) is 12.8 Å². The van der Waals surface area contributed by atoms with Crippen LogP contribution in [0, 0.1) is 6.92 Å². The van der Waals surface area contributed by atoms with E-state index in [1.165, 1.54) is 0 Å². The molecule has 3 aromatic rings. The van der Waals surface area contributed by atoms with Crippen molar-refractivity contribution >= 4 is 22.6 Å². The van der Waals surface area contributed by atoms with Gasteiger partial charge in [0.15, 0.2) is 5.82 Å². The number of benzene rings is 1. The lowest BCUT2D eigenvalue weighted by Gasteiger charge is -2.10. The maximum Gasteiger partial charge on any atom is 0.260 e. The second kappa shape index (κ2) is 6.84. The van der Waals surface area contributed by atoms with Crippen molar-refractivity contribution in [2.45, 2.75) is 26.7 Å². The van der Waals surface area contributed by atoms with Crippen LogP contribution in [0.5, 0.6) is 0 Å². The fraction of sp³-hybridized carbons (Fsp3) is 0.235. The molecule has 0 aliphatic heterocycles. The summed E-state index contributed by atoms with van der Waals surface area (Å²) in [5.41, 5.74) is 2.11. The number of nitrogens with zero attached hydrogens (tertiary/aromatic N) is 4. The highest BCUT2D eigenvalue weighted by Gasteiger charge is 2.18. The van der Waals surface area contributed by atoms with Crippen molar-refractivity contribution in [1.82, 2.24) is 19.3 Å². The highest BCUT2D eigenvalue weighted by atomic mass is 32.1. The molecule has 0 saturated carbocycles. The minimum Gasteiger partial charge on any atom is -0.296 e. The van der Waals surface area contributed by atoms with Crippen molar-refractivity contribution in [2.24, 2.45) is 0 Å². The van der Waals surface area contributed by atoms with Crippen LogP contribution in [-0.4, -0.2) is 25.2 Å². The molecule has 0 radical (unpaired) electrons. The number of carbonyl (C=O) groups excluding carboxylic acids is 1. The van der Waals surface area contributed by atoms with Crippen LogP contribution in [0.4, 0.5) is 5.13 Å². The Hall–Kier alpha value is -2.67. The monoisotopic (exact) mass is 339 g/mol. The lowest BCUT2D eigenvalue weighted by atomic mass is 10.0. The minimum atomic E-state index is -0.269. The number of hydrogen-bond donors (Lipinski definition) is 1. The van der Waals surface area contributed by atoms with E-state index in [1.807, 2.05) is 51.1 Å². The number of rotatable bonds is 4. The molecule has 122 valence electrons. The van der Waals surface area contributed by atoms with Gasteiger partial charge >= 0.3 is 0 Å². The molecule has 2 aromatic heterocycles. The lowest BCUT2D eigenvalue weighted by molar-refractivity contribution is 0.102. The third kappa shape index (κ3) is 3.46. The highest BCUT2D eigenvalue weighted by molar-refractivity contribution is 7.10. The van der Waals surface area contributed by atoms with Gasteiger partial charge < -0.3 is 0 Å². The fourth-order valence-corrected chi connectivity index (χ4v) is 2.83. The molecule has 1 aromatic carbocycles. The summed E-state index contributed by atoms with van der Waals surface area (Å²) in [4.78, 5) is 25.4. The van der Waals surface area contributed by atoms with Crippen LogP contribution in [0.25, 0.3) is 11.4 Å². The van der Waals surface area contributed by atoms with Crippen LogP contribution < -0.4 is 5.32 Å². The van der Waals surface area contributed by atoms with E-state index < -0.39 is 0 Å². The van der Waals surface area contributed by atoms with E-state index in [0.717, 1.165) is 22.8 Å². The van der Waals surface area contributed by atoms with Gasteiger partial charge in [0.2, 0.25) is 5.13 Å². The van der Waals surface area contributed by atoms with Crippen molar-refractivity contribution in [3.8, 4) is 11.4 Å². The molecule has 3 rings (SSSR count). The first kappa shape index (κ1) is 16.2. The standard InChI is InChI=1S/C17H17N5OS/c1-10(2)14-13(9-18-11(3)19-14)16(23)21-17-20-15(22-24-17)12-7-5-4-6-8-12/h4-10H,1-3H3,(H,20,21,22,23). The van der Waals surface area contributed by atoms with E-state index in [1.54, 1.807) is 6.20 Å². The molecule has 0 saturated heterocycles. The number of amides is 1. The first-order chi connectivity index (χ1) is 11.5. The molecule has 0 bridgehead atoms. The molecule has 0 aliphatic carbocycles. The number of aromatic nitrogens is 4. The summed E-state index contributed by atoms with van der Waals surface area (Å²) < 4.78 is 4.29. The van der Waals surface area contributed by atoms with Crippen molar-refractivity contribution in [3.05, 3.63) is 53.6 Å². The summed E-state index contributed by atoms with van der Waals surface area (Å²) in [6.07, 6.45) is 1.56. The average Bonchev–Trinajstić information content (AvgIpc) is 3.04. The molecule has 0 fully saturated rings. The number of hydrogen-bond acceptors (Lipinski definition) is 6. The summed E-state index contributed by atoms with van der Waals surface area (Å²) in [7, 11) is 0. The molecule has 24 heavy (non-hydrogen) atoms. The third-order valence-electron chi connectivity index (χ3n) is 3.41. The van der Waals surface area contributed by atoms with Crippen LogP contribution >= 0.6 is 11.5 Å². The van der Waals surface area contributed by atoms with E-state index in [2.05, 4.69) is 24.6 Å². The largest absolute Gasteiger partial charge is 0.296 e. The van der Waals surface area contributed by atoms with Crippen LogP contribution in [0.15, 0.2) is 36.5 Å². The summed E-state index contributed by atoms with van der Waals surface area (Å²) in [5, 5.41) is 3.24. The number of carbonyl (C=O) groups is 1. The molecule has 0 spiro atoms. The van der Waals surface area contributed by atoms with E-state index in [0.29, 0.717) is 22.3 Å². The van der Waals surface area contributed by atoms with Crippen molar-refractivity contribution in [3.63, 3.8) is 0 Å². The maximum atomic E-state index is 12.5. The number of anilines is 1. The third-order valence-corrected chi connectivity index (χ3v) is 4.04. The second-order valence-electron chi connectivity index (χ2n) is 5.61. The Morgan fingerprint density at radius 2 is 1.92 bits per heavy atom. The minimum absolute atomic E-state index is 0.127. The van der Waals surface area contributed by atoms with Crippen LogP contribution in [0.1, 0.15) is 41.6 Å². The van der Waals surface area contributed by atoms with E-state index >= 15 is 0 Å². The SMILES string of the molecule is Cc1ncc(C(=O)Nc2nc(-c3ccccc3)ns2)c(C(C)C)n1. The molecular weight excluding hydrogens is 322 g/mol. The van der Waals surface area contributed by atoms with Gasteiger partial charge in [-0.25, -0.2) is 9.97 Å². The second-order valence-corrected chi connectivity index (χ2v) is 6.37.